The van der Waals surface area contributed by atoms with Gasteiger partial charge < -0.3 is 5.32 Å². The van der Waals surface area contributed by atoms with E-state index in [1.54, 1.807) is 11.3 Å². The number of imide groups is 1. The molecule has 4 heteroatoms. The Hall–Kier alpha value is -0.900. The van der Waals surface area contributed by atoms with Gasteiger partial charge in [-0.3, -0.25) is 14.5 Å². The minimum atomic E-state index is -0.219. The lowest BCUT2D eigenvalue weighted by Crippen LogP contribution is -2.62. The number of piperidine rings is 1. The molecule has 0 aromatic rings. The first-order chi connectivity index (χ1) is 10.0. The van der Waals surface area contributed by atoms with Crippen LogP contribution in [0.2, 0.25) is 0 Å². The van der Waals surface area contributed by atoms with Crippen molar-refractivity contribution in [2.45, 2.75) is 84.3 Å². The molecule has 0 aromatic heterocycles. The molecule has 2 fully saturated rings. The zero-order chi connectivity index (χ0) is 16.7. The van der Waals surface area contributed by atoms with Gasteiger partial charge in [-0.05, 0) is 52.9 Å². The third-order valence-corrected chi connectivity index (χ3v) is 5.02. The number of hydrogen-bond acceptors (Lipinski definition) is 3. The Bertz CT molecular complexity index is 440. The summed E-state index contributed by atoms with van der Waals surface area (Å²) in [6.07, 6.45) is 5.11. The second-order valence-corrected chi connectivity index (χ2v) is 8.52. The summed E-state index contributed by atoms with van der Waals surface area (Å²) in [6.45, 7) is 12.9. The SMILES string of the molecule is CCC(C)CC1[CH]C(=O)N(C2CC(C)(C)NC(C)(C)C2)C1=O. The van der Waals surface area contributed by atoms with Gasteiger partial charge in [-0.2, -0.15) is 0 Å². The standard InChI is InChI=1S/C18H31N2O2/c1-7-12(2)8-13-9-15(21)20(16(13)22)14-10-17(3,4)19-18(5,6)11-14/h9,12-14,19H,7-8,10-11H2,1-6H3. The maximum atomic E-state index is 12.7. The van der Waals surface area contributed by atoms with Gasteiger partial charge in [0.1, 0.15) is 0 Å². The van der Waals surface area contributed by atoms with Crippen LogP contribution in [-0.2, 0) is 9.59 Å². The van der Waals surface area contributed by atoms with Crippen molar-refractivity contribution in [1.82, 2.24) is 10.2 Å². The van der Waals surface area contributed by atoms with Gasteiger partial charge in [0.25, 0.3) is 0 Å². The topological polar surface area (TPSA) is 49.4 Å². The summed E-state index contributed by atoms with van der Waals surface area (Å²) < 4.78 is 0. The molecule has 2 aliphatic rings. The minimum Gasteiger partial charge on any atom is -0.307 e. The maximum Gasteiger partial charge on any atom is 0.234 e. The highest BCUT2D eigenvalue weighted by Crippen LogP contribution is 2.36. The van der Waals surface area contributed by atoms with Gasteiger partial charge in [0.05, 0.1) is 12.3 Å². The lowest BCUT2D eigenvalue weighted by Gasteiger charge is -2.48. The first-order valence-corrected chi connectivity index (χ1v) is 8.56. The number of nitrogens with one attached hydrogen (secondary N) is 1. The Morgan fingerprint density at radius 3 is 2.27 bits per heavy atom. The van der Waals surface area contributed by atoms with Crippen molar-refractivity contribution in [3.8, 4) is 0 Å². The Morgan fingerprint density at radius 2 is 1.77 bits per heavy atom. The lowest BCUT2D eigenvalue weighted by molar-refractivity contribution is -0.143. The van der Waals surface area contributed by atoms with Crippen LogP contribution in [0.25, 0.3) is 0 Å². The Balaban J connectivity index is 2.14. The molecule has 1 radical (unpaired) electrons. The molecule has 2 unspecified atom stereocenters. The Kier molecular flexibility index (Phi) is 4.72. The molecule has 0 spiro atoms. The average molecular weight is 307 g/mol. The highest BCUT2D eigenvalue weighted by Gasteiger charge is 2.48. The number of nitrogens with zero attached hydrogens (tertiary/aromatic N) is 1. The van der Waals surface area contributed by atoms with Crippen LogP contribution in [0.3, 0.4) is 0 Å². The molecule has 2 rings (SSSR count). The Morgan fingerprint density at radius 1 is 1.23 bits per heavy atom. The number of hydrogen-bond donors (Lipinski definition) is 1. The van der Waals surface area contributed by atoms with E-state index >= 15 is 0 Å². The van der Waals surface area contributed by atoms with Gasteiger partial charge in [-0.15, -0.1) is 0 Å². The van der Waals surface area contributed by atoms with E-state index < -0.39 is 0 Å². The highest BCUT2D eigenvalue weighted by atomic mass is 16.2. The van der Waals surface area contributed by atoms with Crippen LogP contribution in [-0.4, -0.2) is 33.8 Å². The van der Waals surface area contributed by atoms with E-state index in [2.05, 4.69) is 46.9 Å². The summed E-state index contributed by atoms with van der Waals surface area (Å²) in [5.41, 5.74) is -0.135. The predicted octanol–water partition coefficient (Wildman–Crippen LogP) is 2.92. The van der Waals surface area contributed by atoms with Gasteiger partial charge in [-0.25, -0.2) is 0 Å². The molecular formula is C18H31N2O2. The van der Waals surface area contributed by atoms with E-state index in [1.165, 1.54) is 0 Å². The number of amides is 2. The zero-order valence-corrected chi connectivity index (χ0v) is 14.9. The summed E-state index contributed by atoms with van der Waals surface area (Å²) >= 11 is 0. The molecule has 2 aliphatic heterocycles. The summed E-state index contributed by atoms with van der Waals surface area (Å²) in [6, 6.07) is 0.00410. The van der Waals surface area contributed by atoms with Gasteiger partial charge in [0.15, 0.2) is 0 Å². The van der Waals surface area contributed by atoms with Crippen molar-refractivity contribution in [3.05, 3.63) is 6.42 Å². The molecule has 0 aliphatic carbocycles. The van der Waals surface area contributed by atoms with E-state index in [-0.39, 0.29) is 34.9 Å². The number of rotatable bonds is 4. The van der Waals surface area contributed by atoms with Crippen LogP contribution >= 0.6 is 0 Å². The third-order valence-electron chi connectivity index (χ3n) is 5.02. The fourth-order valence-corrected chi connectivity index (χ4v) is 4.19. The largest absolute Gasteiger partial charge is 0.307 e. The van der Waals surface area contributed by atoms with Crippen LogP contribution in [0, 0.1) is 18.3 Å². The zero-order valence-electron chi connectivity index (χ0n) is 14.9. The fourth-order valence-electron chi connectivity index (χ4n) is 4.19. The normalized spacial score (nSPS) is 29.9. The second kappa shape index (κ2) is 5.95. The Labute approximate surface area is 135 Å². The number of likely N-dealkylation sites (tertiary alicyclic amines) is 1. The molecule has 0 bridgehead atoms. The predicted molar refractivity (Wildman–Crippen MR) is 88.0 cm³/mol. The van der Waals surface area contributed by atoms with Crippen LogP contribution in [0.5, 0.6) is 0 Å². The molecule has 2 saturated heterocycles. The lowest BCUT2D eigenvalue weighted by atomic mass is 9.79. The molecule has 2 atom stereocenters. The molecule has 0 saturated carbocycles. The maximum absolute atomic E-state index is 12.7. The molecule has 4 nitrogen and oxygen atoms in total. The number of carbonyl (C=O) groups excluding carboxylic acids is 2. The molecule has 1 N–H and O–H groups in total. The van der Waals surface area contributed by atoms with Gasteiger partial charge in [0, 0.05) is 17.1 Å². The van der Waals surface area contributed by atoms with Gasteiger partial charge in [0.2, 0.25) is 11.8 Å². The molecule has 2 heterocycles. The quantitative estimate of drug-likeness (QED) is 0.812. The van der Waals surface area contributed by atoms with Crippen LogP contribution in [0.4, 0.5) is 0 Å². The summed E-state index contributed by atoms with van der Waals surface area (Å²) in [4.78, 5) is 26.7. The average Bonchev–Trinajstić information content (AvgIpc) is 2.60. The summed E-state index contributed by atoms with van der Waals surface area (Å²) in [7, 11) is 0. The van der Waals surface area contributed by atoms with Crippen molar-refractivity contribution in [3.63, 3.8) is 0 Å². The summed E-state index contributed by atoms with van der Waals surface area (Å²) in [5, 5.41) is 3.61. The van der Waals surface area contributed by atoms with E-state index in [0.29, 0.717) is 5.92 Å². The van der Waals surface area contributed by atoms with Gasteiger partial charge >= 0.3 is 0 Å². The third kappa shape index (κ3) is 3.70. The molecule has 2 amide bonds. The molecule has 22 heavy (non-hydrogen) atoms. The van der Waals surface area contributed by atoms with Crippen LogP contribution in [0.1, 0.15) is 67.2 Å². The first-order valence-electron chi connectivity index (χ1n) is 8.56. The van der Waals surface area contributed by atoms with Crippen molar-refractivity contribution >= 4 is 11.8 Å². The van der Waals surface area contributed by atoms with Crippen molar-refractivity contribution in [2.24, 2.45) is 11.8 Å². The van der Waals surface area contributed by atoms with E-state index in [4.69, 9.17) is 0 Å². The number of carbonyl (C=O) groups is 2. The fraction of sp³-hybridized carbons (Fsp3) is 0.833. The van der Waals surface area contributed by atoms with Crippen LogP contribution in [0.15, 0.2) is 0 Å². The highest BCUT2D eigenvalue weighted by molar-refractivity contribution is 6.09. The van der Waals surface area contributed by atoms with Crippen molar-refractivity contribution < 1.29 is 9.59 Å². The van der Waals surface area contributed by atoms with Crippen molar-refractivity contribution in [2.75, 3.05) is 0 Å². The van der Waals surface area contributed by atoms with Gasteiger partial charge in [-0.1, -0.05) is 20.3 Å². The molecular weight excluding hydrogens is 276 g/mol. The van der Waals surface area contributed by atoms with Crippen molar-refractivity contribution in [1.29, 1.82) is 0 Å². The smallest absolute Gasteiger partial charge is 0.234 e. The van der Waals surface area contributed by atoms with E-state index in [9.17, 15) is 9.59 Å². The second-order valence-electron chi connectivity index (χ2n) is 8.52. The molecule has 125 valence electrons. The molecule has 0 aromatic carbocycles. The minimum absolute atomic E-state index is 0.00410. The van der Waals surface area contributed by atoms with Crippen LogP contribution < -0.4 is 5.32 Å². The monoisotopic (exact) mass is 307 g/mol. The van der Waals surface area contributed by atoms with E-state index in [0.717, 1.165) is 25.7 Å². The first kappa shape index (κ1) is 17.5. The summed E-state index contributed by atoms with van der Waals surface area (Å²) in [5.74, 6) is 0.183. The van der Waals surface area contributed by atoms with E-state index in [1.807, 2.05) is 0 Å².